The van der Waals surface area contributed by atoms with Crippen molar-refractivity contribution in [2.75, 3.05) is 0 Å². The van der Waals surface area contributed by atoms with E-state index in [1.807, 2.05) is 0 Å². The van der Waals surface area contributed by atoms with Gasteiger partial charge in [0.1, 0.15) is 5.69 Å². The van der Waals surface area contributed by atoms with E-state index in [1.165, 1.54) is 0 Å². The van der Waals surface area contributed by atoms with Crippen LogP contribution in [0.4, 0.5) is 0 Å². The Balaban J connectivity index is 2.46. The number of pyridine rings is 2. The maximum Gasteiger partial charge on any atom is 0.352 e. The van der Waals surface area contributed by atoms with Gasteiger partial charge >= 0.3 is 5.97 Å². The van der Waals surface area contributed by atoms with Gasteiger partial charge in [0.05, 0.1) is 11.0 Å². The molecular weight excluding hydrogens is 206 g/mol. The van der Waals surface area contributed by atoms with Gasteiger partial charge in [0, 0.05) is 29.4 Å². The van der Waals surface area contributed by atoms with E-state index in [4.69, 9.17) is 5.11 Å². The maximum atomic E-state index is 10.8. The van der Waals surface area contributed by atoms with Gasteiger partial charge in [-0.3, -0.25) is 9.97 Å². The summed E-state index contributed by atoms with van der Waals surface area (Å²) < 4.78 is 0. The van der Waals surface area contributed by atoms with E-state index in [0.717, 1.165) is 21.8 Å². The fourth-order valence-corrected chi connectivity index (χ4v) is 1.74. The Hall–Kier alpha value is -2.43. The molecule has 0 radical (unpaired) electrons. The molecule has 0 unspecified atom stereocenters. The third-order valence-electron chi connectivity index (χ3n) is 2.49. The van der Waals surface area contributed by atoms with Crippen molar-refractivity contribution < 1.29 is 9.90 Å². The molecule has 0 spiro atoms. The van der Waals surface area contributed by atoms with Crippen molar-refractivity contribution in [1.29, 1.82) is 0 Å². The van der Waals surface area contributed by atoms with Crippen LogP contribution >= 0.6 is 0 Å². The molecule has 0 saturated carbocycles. The van der Waals surface area contributed by atoms with Crippen LogP contribution in [0.2, 0.25) is 0 Å². The highest BCUT2D eigenvalue weighted by molar-refractivity contribution is 6.05. The van der Waals surface area contributed by atoms with Gasteiger partial charge in [0.2, 0.25) is 0 Å². The third-order valence-corrected chi connectivity index (χ3v) is 2.49. The van der Waals surface area contributed by atoms with Crippen molar-refractivity contribution in [2.24, 2.45) is 0 Å². The van der Waals surface area contributed by atoms with Crippen LogP contribution in [0.5, 0.6) is 0 Å². The molecule has 16 heavy (non-hydrogen) atoms. The molecular formula is C11H7N3O2. The van der Waals surface area contributed by atoms with Gasteiger partial charge in [-0.05, 0) is 12.1 Å². The Morgan fingerprint density at radius 2 is 2.25 bits per heavy atom. The molecule has 78 valence electrons. The highest BCUT2D eigenvalue weighted by Gasteiger charge is 2.09. The Bertz CT molecular complexity index is 703. The monoisotopic (exact) mass is 213 g/mol. The molecule has 5 nitrogen and oxygen atoms in total. The lowest BCUT2D eigenvalue weighted by Gasteiger charge is -1.96. The van der Waals surface area contributed by atoms with Gasteiger partial charge in [-0.15, -0.1) is 0 Å². The summed E-state index contributed by atoms with van der Waals surface area (Å²) in [7, 11) is 0. The summed E-state index contributed by atoms with van der Waals surface area (Å²) in [6.45, 7) is 0. The average Bonchev–Trinajstić information content (AvgIpc) is 2.73. The molecule has 0 fully saturated rings. The lowest BCUT2D eigenvalue weighted by Crippen LogP contribution is -1.94. The lowest BCUT2D eigenvalue weighted by molar-refractivity contribution is 0.0691. The minimum atomic E-state index is -0.978. The summed E-state index contributed by atoms with van der Waals surface area (Å²) in [5.41, 5.74) is 1.71. The number of nitrogens with zero attached hydrogens (tertiary/aromatic N) is 2. The number of carboxylic acid groups (broad SMARTS) is 1. The highest BCUT2D eigenvalue weighted by atomic mass is 16.4. The van der Waals surface area contributed by atoms with Gasteiger partial charge in [-0.25, -0.2) is 4.79 Å². The Morgan fingerprint density at radius 3 is 3.06 bits per heavy atom. The second-order valence-corrected chi connectivity index (χ2v) is 3.47. The Kier molecular flexibility index (Phi) is 1.67. The summed E-state index contributed by atoms with van der Waals surface area (Å²) in [4.78, 5) is 21.9. The van der Waals surface area contributed by atoms with Crippen molar-refractivity contribution in [2.45, 2.75) is 0 Å². The van der Waals surface area contributed by atoms with Crippen molar-refractivity contribution in [3.8, 4) is 0 Å². The zero-order valence-corrected chi connectivity index (χ0v) is 8.14. The van der Waals surface area contributed by atoms with E-state index in [1.54, 1.807) is 30.7 Å². The topological polar surface area (TPSA) is 78.9 Å². The fraction of sp³-hybridized carbons (Fsp3) is 0. The summed E-state index contributed by atoms with van der Waals surface area (Å²) in [6.07, 6.45) is 4.98. The lowest BCUT2D eigenvalue weighted by atomic mass is 10.2. The number of fused-ring (bicyclic) bond motifs is 3. The second-order valence-electron chi connectivity index (χ2n) is 3.47. The predicted molar refractivity (Wildman–Crippen MR) is 58.4 cm³/mol. The first-order valence-electron chi connectivity index (χ1n) is 4.70. The average molecular weight is 213 g/mol. The first kappa shape index (κ1) is 8.84. The Labute approximate surface area is 89.8 Å². The van der Waals surface area contributed by atoms with Crippen LogP contribution in [0.3, 0.4) is 0 Å². The zero-order chi connectivity index (χ0) is 11.1. The van der Waals surface area contributed by atoms with Crippen molar-refractivity contribution >= 4 is 27.8 Å². The largest absolute Gasteiger partial charge is 0.477 e. The van der Waals surface area contributed by atoms with Gasteiger partial charge in [0.15, 0.2) is 0 Å². The number of nitrogens with one attached hydrogen (secondary N) is 1. The van der Waals surface area contributed by atoms with Crippen molar-refractivity contribution in [1.82, 2.24) is 15.0 Å². The predicted octanol–water partition coefficient (Wildman–Crippen LogP) is 1.81. The molecule has 5 heteroatoms. The Morgan fingerprint density at radius 1 is 1.38 bits per heavy atom. The number of hydrogen-bond donors (Lipinski definition) is 2. The van der Waals surface area contributed by atoms with Crippen LogP contribution < -0.4 is 0 Å². The van der Waals surface area contributed by atoms with Crippen LogP contribution in [-0.2, 0) is 0 Å². The summed E-state index contributed by atoms with van der Waals surface area (Å²) in [5.74, 6) is -0.978. The molecule has 0 saturated heterocycles. The number of H-pyrrole nitrogens is 1. The normalized spacial score (nSPS) is 11.0. The molecule has 3 aromatic heterocycles. The number of carbonyl (C=O) groups is 1. The number of aromatic carboxylic acids is 1. The molecule has 3 rings (SSSR count). The second kappa shape index (κ2) is 3.03. The van der Waals surface area contributed by atoms with Crippen LogP contribution in [0, 0.1) is 0 Å². The number of hydrogen-bond acceptors (Lipinski definition) is 3. The van der Waals surface area contributed by atoms with Gasteiger partial charge in [0.25, 0.3) is 0 Å². The van der Waals surface area contributed by atoms with E-state index in [9.17, 15) is 4.79 Å². The zero-order valence-electron chi connectivity index (χ0n) is 8.14. The summed E-state index contributed by atoms with van der Waals surface area (Å²) in [5, 5.41) is 10.5. The van der Waals surface area contributed by atoms with Crippen LogP contribution in [0.15, 0.2) is 30.7 Å². The molecule has 0 aromatic carbocycles. The molecule has 0 bridgehead atoms. The van der Waals surface area contributed by atoms with Crippen molar-refractivity contribution in [3.05, 3.63) is 36.4 Å². The number of carboxylic acids is 1. The molecule has 0 aliphatic carbocycles. The third kappa shape index (κ3) is 1.15. The van der Waals surface area contributed by atoms with Gasteiger partial charge < -0.3 is 10.1 Å². The summed E-state index contributed by atoms with van der Waals surface area (Å²) in [6, 6.07) is 3.35. The number of aromatic amines is 1. The van der Waals surface area contributed by atoms with E-state index in [-0.39, 0.29) is 5.69 Å². The smallest absolute Gasteiger partial charge is 0.352 e. The van der Waals surface area contributed by atoms with Crippen molar-refractivity contribution in [3.63, 3.8) is 0 Å². The first-order valence-corrected chi connectivity index (χ1v) is 4.70. The maximum absolute atomic E-state index is 10.8. The quantitative estimate of drug-likeness (QED) is 0.646. The molecule has 0 aliphatic heterocycles. The van der Waals surface area contributed by atoms with E-state index >= 15 is 0 Å². The van der Waals surface area contributed by atoms with E-state index in [2.05, 4.69) is 15.0 Å². The standard InChI is InChI=1S/C11H7N3O2/c15-11(16)9-3-6-4-13-8-1-2-12-5-7(8)10(6)14-9/h1-5,14H,(H,15,16). The molecule has 0 amide bonds. The van der Waals surface area contributed by atoms with Crippen LogP contribution in [0.1, 0.15) is 10.5 Å². The van der Waals surface area contributed by atoms with E-state index < -0.39 is 5.97 Å². The van der Waals surface area contributed by atoms with Gasteiger partial charge in [-0.1, -0.05) is 0 Å². The molecule has 0 aliphatic rings. The molecule has 3 aromatic rings. The number of rotatable bonds is 1. The minimum Gasteiger partial charge on any atom is -0.477 e. The fourth-order valence-electron chi connectivity index (χ4n) is 1.74. The first-order chi connectivity index (χ1) is 7.75. The number of aromatic nitrogens is 3. The molecule has 2 N–H and O–H groups in total. The summed E-state index contributed by atoms with van der Waals surface area (Å²) >= 11 is 0. The SMILES string of the molecule is O=C(O)c1cc2cnc3ccncc3c2[nH]1. The van der Waals surface area contributed by atoms with E-state index in [0.29, 0.717) is 0 Å². The van der Waals surface area contributed by atoms with Crippen LogP contribution in [0.25, 0.3) is 21.8 Å². The molecule has 0 atom stereocenters. The minimum absolute atomic E-state index is 0.160. The van der Waals surface area contributed by atoms with Crippen LogP contribution in [-0.4, -0.2) is 26.0 Å². The molecule has 3 heterocycles. The highest BCUT2D eigenvalue weighted by Crippen LogP contribution is 2.22. The van der Waals surface area contributed by atoms with Gasteiger partial charge in [-0.2, -0.15) is 0 Å².